The van der Waals surface area contributed by atoms with Gasteiger partial charge in [-0.1, -0.05) is 37.3 Å². The average molecular weight is 214 g/mol. The summed E-state index contributed by atoms with van der Waals surface area (Å²) in [7, 11) is 1.80. The highest BCUT2D eigenvalue weighted by Crippen LogP contribution is 2.10. The van der Waals surface area contributed by atoms with E-state index in [1.54, 1.807) is 11.7 Å². The lowest BCUT2D eigenvalue weighted by molar-refractivity contribution is 0.103. The van der Waals surface area contributed by atoms with Crippen molar-refractivity contribution in [3.8, 4) is 0 Å². The molecule has 0 atom stereocenters. The van der Waals surface area contributed by atoms with Crippen molar-refractivity contribution in [1.29, 1.82) is 0 Å². The van der Waals surface area contributed by atoms with Crippen LogP contribution in [0, 0.1) is 0 Å². The van der Waals surface area contributed by atoms with Crippen LogP contribution in [0.5, 0.6) is 0 Å². The van der Waals surface area contributed by atoms with Gasteiger partial charge in [0.25, 0.3) is 0 Å². The lowest BCUT2D eigenvalue weighted by atomic mass is 10.1. The van der Waals surface area contributed by atoms with E-state index in [1.165, 1.54) is 0 Å². The molecule has 0 radical (unpaired) electrons. The van der Waals surface area contributed by atoms with Gasteiger partial charge in [-0.05, 0) is 12.5 Å². The van der Waals surface area contributed by atoms with Gasteiger partial charge in [-0.3, -0.25) is 9.48 Å². The fourth-order valence-corrected chi connectivity index (χ4v) is 1.65. The number of carbonyl (C=O) groups excluding carboxylic acids is 1. The summed E-state index contributed by atoms with van der Waals surface area (Å²) in [4.78, 5) is 12.1. The molecule has 2 rings (SSSR count). The predicted molar refractivity (Wildman–Crippen MR) is 62.5 cm³/mol. The van der Waals surface area contributed by atoms with Gasteiger partial charge < -0.3 is 0 Å². The van der Waals surface area contributed by atoms with Crippen LogP contribution in [0.2, 0.25) is 0 Å². The molecule has 3 heteroatoms. The number of hydrogen-bond donors (Lipinski definition) is 0. The number of benzene rings is 1. The van der Waals surface area contributed by atoms with E-state index < -0.39 is 0 Å². The fourth-order valence-electron chi connectivity index (χ4n) is 1.65. The molecule has 0 unspecified atom stereocenters. The Labute approximate surface area is 94.7 Å². The average Bonchev–Trinajstić information content (AvgIpc) is 2.71. The van der Waals surface area contributed by atoms with Crippen molar-refractivity contribution in [2.75, 3.05) is 0 Å². The second-order valence-electron chi connectivity index (χ2n) is 3.69. The van der Waals surface area contributed by atoms with Crippen molar-refractivity contribution in [2.45, 2.75) is 13.3 Å². The highest BCUT2D eigenvalue weighted by Gasteiger charge is 2.13. The van der Waals surface area contributed by atoms with Gasteiger partial charge in [0.05, 0.1) is 5.69 Å². The minimum Gasteiger partial charge on any atom is -0.287 e. The van der Waals surface area contributed by atoms with Crippen molar-refractivity contribution in [1.82, 2.24) is 9.78 Å². The summed E-state index contributed by atoms with van der Waals surface area (Å²) in [6, 6.07) is 11.1. The van der Waals surface area contributed by atoms with Crippen LogP contribution in [-0.4, -0.2) is 15.6 Å². The molecule has 2 aromatic rings. The zero-order chi connectivity index (χ0) is 11.5. The summed E-state index contributed by atoms with van der Waals surface area (Å²) in [6.07, 6.45) is 0.843. The summed E-state index contributed by atoms with van der Waals surface area (Å²) in [5.41, 5.74) is 2.29. The van der Waals surface area contributed by atoms with E-state index in [9.17, 15) is 4.79 Å². The third-order valence-electron chi connectivity index (χ3n) is 2.56. The Balaban J connectivity index is 2.38. The van der Waals surface area contributed by atoms with E-state index in [0.717, 1.165) is 12.1 Å². The number of aromatic nitrogens is 2. The van der Waals surface area contributed by atoms with E-state index in [2.05, 4.69) is 5.10 Å². The summed E-state index contributed by atoms with van der Waals surface area (Å²) in [6.45, 7) is 2.03. The second-order valence-corrected chi connectivity index (χ2v) is 3.69. The summed E-state index contributed by atoms with van der Waals surface area (Å²) in [5.74, 6) is 0.0234. The fraction of sp³-hybridized carbons (Fsp3) is 0.231. The molecular formula is C13H14N2O. The van der Waals surface area contributed by atoms with Crippen molar-refractivity contribution in [2.24, 2.45) is 7.05 Å². The molecule has 0 fully saturated rings. The number of hydrogen-bond acceptors (Lipinski definition) is 2. The molecule has 82 valence electrons. The third kappa shape index (κ3) is 1.89. The summed E-state index contributed by atoms with van der Waals surface area (Å²) >= 11 is 0. The second kappa shape index (κ2) is 4.31. The SMILES string of the molecule is CCc1cc(C(=O)c2ccccc2)n(C)n1. The highest BCUT2D eigenvalue weighted by atomic mass is 16.1. The maximum Gasteiger partial charge on any atom is 0.211 e. The topological polar surface area (TPSA) is 34.9 Å². The van der Waals surface area contributed by atoms with Gasteiger partial charge in [-0.15, -0.1) is 0 Å². The third-order valence-corrected chi connectivity index (χ3v) is 2.56. The Morgan fingerprint density at radius 2 is 2.00 bits per heavy atom. The lowest BCUT2D eigenvalue weighted by Crippen LogP contribution is -2.07. The van der Waals surface area contributed by atoms with E-state index in [-0.39, 0.29) is 5.78 Å². The molecule has 1 heterocycles. The molecule has 0 aliphatic carbocycles. The maximum atomic E-state index is 12.1. The minimum atomic E-state index is 0.0234. The van der Waals surface area contributed by atoms with Crippen molar-refractivity contribution in [3.63, 3.8) is 0 Å². The molecule has 16 heavy (non-hydrogen) atoms. The van der Waals surface area contributed by atoms with Gasteiger partial charge in [0.1, 0.15) is 5.69 Å². The molecule has 3 nitrogen and oxygen atoms in total. The molecule has 0 spiro atoms. The van der Waals surface area contributed by atoms with E-state index >= 15 is 0 Å². The first-order valence-corrected chi connectivity index (χ1v) is 5.35. The zero-order valence-electron chi connectivity index (χ0n) is 9.47. The van der Waals surface area contributed by atoms with Crippen LogP contribution >= 0.6 is 0 Å². The van der Waals surface area contributed by atoms with Crippen LogP contribution < -0.4 is 0 Å². The van der Waals surface area contributed by atoms with Gasteiger partial charge in [-0.2, -0.15) is 5.10 Å². The van der Waals surface area contributed by atoms with Gasteiger partial charge >= 0.3 is 0 Å². The first-order valence-electron chi connectivity index (χ1n) is 5.35. The van der Waals surface area contributed by atoms with Crippen LogP contribution in [0.25, 0.3) is 0 Å². The Kier molecular flexibility index (Phi) is 2.86. The van der Waals surface area contributed by atoms with E-state index in [1.807, 2.05) is 43.3 Å². The number of carbonyl (C=O) groups is 1. The van der Waals surface area contributed by atoms with Gasteiger partial charge in [0, 0.05) is 12.6 Å². The zero-order valence-corrected chi connectivity index (χ0v) is 9.47. The molecule has 1 aromatic heterocycles. The molecule has 0 aliphatic heterocycles. The molecule has 1 aromatic carbocycles. The number of aryl methyl sites for hydroxylation is 2. The summed E-state index contributed by atoms with van der Waals surface area (Å²) < 4.78 is 1.65. The first-order chi connectivity index (χ1) is 7.72. The molecule has 0 saturated heterocycles. The van der Waals surface area contributed by atoms with Gasteiger partial charge in [0.15, 0.2) is 0 Å². The minimum absolute atomic E-state index is 0.0234. The van der Waals surface area contributed by atoms with E-state index in [4.69, 9.17) is 0 Å². The van der Waals surface area contributed by atoms with Crippen LogP contribution in [0.1, 0.15) is 28.7 Å². The highest BCUT2D eigenvalue weighted by molar-refractivity contribution is 6.07. The van der Waals surface area contributed by atoms with Crippen molar-refractivity contribution < 1.29 is 4.79 Å². The molecule has 0 amide bonds. The molecular weight excluding hydrogens is 200 g/mol. The van der Waals surface area contributed by atoms with Crippen LogP contribution in [-0.2, 0) is 13.5 Å². The molecule has 0 aliphatic rings. The van der Waals surface area contributed by atoms with Crippen LogP contribution in [0.4, 0.5) is 0 Å². The maximum absolute atomic E-state index is 12.1. The normalized spacial score (nSPS) is 10.4. The van der Waals surface area contributed by atoms with Gasteiger partial charge in [0.2, 0.25) is 5.78 Å². The Morgan fingerprint density at radius 1 is 1.31 bits per heavy atom. The lowest BCUT2D eigenvalue weighted by Gasteiger charge is -2.00. The standard InChI is InChI=1S/C13H14N2O/c1-3-11-9-12(15(2)14-11)13(16)10-7-5-4-6-8-10/h4-9H,3H2,1-2H3. The molecule has 0 N–H and O–H groups in total. The molecule has 0 bridgehead atoms. The quantitative estimate of drug-likeness (QED) is 0.734. The molecule has 0 saturated carbocycles. The number of ketones is 1. The van der Waals surface area contributed by atoms with E-state index in [0.29, 0.717) is 11.3 Å². The Hall–Kier alpha value is -1.90. The smallest absolute Gasteiger partial charge is 0.211 e. The predicted octanol–water partition coefficient (Wildman–Crippen LogP) is 2.21. The number of rotatable bonds is 3. The van der Waals surface area contributed by atoms with Crippen LogP contribution in [0.3, 0.4) is 0 Å². The summed E-state index contributed by atoms with van der Waals surface area (Å²) in [5, 5.41) is 4.27. The number of nitrogens with zero attached hydrogens (tertiary/aromatic N) is 2. The largest absolute Gasteiger partial charge is 0.287 e. The Morgan fingerprint density at radius 3 is 2.56 bits per heavy atom. The monoisotopic (exact) mass is 214 g/mol. The Bertz CT molecular complexity index is 500. The van der Waals surface area contributed by atoms with Gasteiger partial charge in [-0.25, -0.2) is 0 Å². The van der Waals surface area contributed by atoms with Crippen molar-refractivity contribution >= 4 is 5.78 Å². The van der Waals surface area contributed by atoms with Crippen molar-refractivity contribution in [3.05, 3.63) is 53.3 Å². The van der Waals surface area contributed by atoms with Crippen LogP contribution in [0.15, 0.2) is 36.4 Å². The first kappa shape index (κ1) is 10.6.